The van der Waals surface area contributed by atoms with E-state index in [0.29, 0.717) is 66.3 Å². The molecule has 17 heteroatoms. The van der Waals surface area contributed by atoms with E-state index in [-0.39, 0.29) is 41.2 Å². The summed E-state index contributed by atoms with van der Waals surface area (Å²) in [5.41, 5.74) is 2.28. The van der Waals surface area contributed by atoms with Crippen LogP contribution in [-0.4, -0.2) is 79.3 Å². The van der Waals surface area contributed by atoms with Gasteiger partial charge in [-0.15, -0.1) is 0 Å². The molecule has 4 aromatic heterocycles. The minimum Gasteiger partial charge on any atom is -0.468 e. The number of aromatic nitrogens is 6. The Labute approximate surface area is 388 Å². The number of hydrogen-bond acceptors (Lipinski definition) is 12. The molecule has 6 aromatic rings. The van der Waals surface area contributed by atoms with Crippen molar-refractivity contribution in [2.24, 2.45) is 5.92 Å². The monoisotopic (exact) mass is 938 g/mol. The number of benzene rings is 2. The molecule has 2 fully saturated rings. The molecule has 14 nitrogen and oxygen atoms in total. The Balaban J connectivity index is 0.000000195. The van der Waals surface area contributed by atoms with Gasteiger partial charge in [0.25, 0.3) is 11.1 Å². The Morgan fingerprint density at radius 2 is 1.31 bits per heavy atom. The van der Waals surface area contributed by atoms with Crippen LogP contribution in [0.1, 0.15) is 72.1 Å². The van der Waals surface area contributed by atoms with Crippen LogP contribution in [0.2, 0.25) is 28.2 Å². The van der Waals surface area contributed by atoms with Gasteiger partial charge in [0, 0.05) is 73.5 Å². The van der Waals surface area contributed by atoms with Crippen LogP contribution in [0.4, 0.5) is 11.9 Å². The fourth-order valence-electron chi connectivity index (χ4n) is 8.35. The predicted molar refractivity (Wildman–Crippen MR) is 260 cm³/mol. The van der Waals surface area contributed by atoms with Crippen molar-refractivity contribution in [3.8, 4) is 22.3 Å². The second-order valence-electron chi connectivity index (χ2n) is 18.5. The number of H-pyrrole nitrogens is 1. The van der Waals surface area contributed by atoms with Crippen LogP contribution in [-0.2, 0) is 20.9 Å². The van der Waals surface area contributed by atoms with Crippen LogP contribution < -0.4 is 21.8 Å². The highest BCUT2D eigenvalue weighted by Crippen LogP contribution is 2.41. The van der Waals surface area contributed by atoms with Crippen molar-refractivity contribution in [2.75, 3.05) is 17.7 Å². The molecule has 4 heterocycles. The van der Waals surface area contributed by atoms with Gasteiger partial charge in [0.2, 0.25) is 11.9 Å². The summed E-state index contributed by atoms with van der Waals surface area (Å²) in [6, 6.07) is 18.1. The van der Waals surface area contributed by atoms with Crippen molar-refractivity contribution in [1.82, 2.24) is 29.5 Å². The van der Waals surface area contributed by atoms with Crippen LogP contribution in [0, 0.1) is 5.92 Å². The first-order valence-corrected chi connectivity index (χ1v) is 25.8. The summed E-state index contributed by atoms with van der Waals surface area (Å²) in [7, 11) is -0.716. The molecule has 0 atom stereocenters. The van der Waals surface area contributed by atoms with Gasteiger partial charge in [-0.1, -0.05) is 93.5 Å². The summed E-state index contributed by atoms with van der Waals surface area (Å²) in [5, 5.41) is 19.3. The minimum atomic E-state index is -1.99. The highest BCUT2D eigenvalue weighted by molar-refractivity contribution is 7.06. The van der Waals surface area contributed by atoms with E-state index in [1.54, 1.807) is 54.9 Å². The van der Waals surface area contributed by atoms with Gasteiger partial charge in [-0.2, -0.15) is 9.97 Å². The van der Waals surface area contributed by atoms with Crippen molar-refractivity contribution in [2.45, 2.75) is 115 Å². The van der Waals surface area contributed by atoms with Gasteiger partial charge in [0.15, 0.2) is 0 Å². The Morgan fingerprint density at radius 3 is 1.88 bits per heavy atom. The summed E-state index contributed by atoms with van der Waals surface area (Å²) in [4.78, 5) is 72.1. The van der Waals surface area contributed by atoms with Crippen LogP contribution in [0.25, 0.3) is 44.3 Å². The maximum absolute atomic E-state index is 13.3. The van der Waals surface area contributed by atoms with Crippen molar-refractivity contribution in [3.63, 3.8) is 0 Å². The number of esters is 1. The molecule has 0 unspecified atom stereocenters. The largest absolute Gasteiger partial charge is 0.468 e. The normalized spacial score (nSPS) is 19.0. The maximum atomic E-state index is 13.3. The molecule has 0 bridgehead atoms. The first-order valence-electron chi connectivity index (χ1n) is 22.1. The van der Waals surface area contributed by atoms with E-state index in [1.807, 2.05) is 18.2 Å². The number of halogens is 2. The molecule has 2 aromatic carbocycles. The van der Waals surface area contributed by atoms with Gasteiger partial charge in [-0.25, -0.2) is 9.97 Å². The van der Waals surface area contributed by atoms with Crippen LogP contribution in [0.3, 0.4) is 0 Å². The second-order valence-corrected chi connectivity index (χ2v) is 24.6. The number of pyridine rings is 2. The molecule has 8 rings (SSSR count). The number of rotatable bonds is 10. The van der Waals surface area contributed by atoms with Crippen molar-refractivity contribution in [1.29, 1.82) is 0 Å². The lowest BCUT2D eigenvalue weighted by Gasteiger charge is -2.39. The third kappa shape index (κ3) is 10.8. The van der Waals surface area contributed by atoms with Gasteiger partial charge in [0.1, 0.15) is 31.3 Å². The van der Waals surface area contributed by atoms with Crippen LogP contribution >= 0.6 is 23.2 Å². The van der Waals surface area contributed by atoms with Gasteiger partial charge in [-0.05, 0) is 80.7 Å². The molecular weight excluding hydrogens is 884 g/mol. The molecular formula is C48H56Cl2N8O6Si. The first-order chi connectivity index (χ1) is 30.9. The summed E-state index contributed by atoms with van der Waals surface area (Å²) >= 11 is 12.6. The molecule has 2 saturated carbocycles. The lowest BCUT2D eigenvalue weighted by Crippen LogP contribution is -2.50. The maximum Gasteiger partial charge on any atom is 0.325 e. The Bertz CT molecular complexity index is 2830. The number of anilines is 2. The Morgan fingerprint density at radius 1 is 0.785 bits per heavy atom. The summed E-state index contributed by atoms with van der Waals surface area (Å²) in [6.07, 6.45) is 9.75. The number of nitrogens with one attached hydrogen (secondary N) is 3. The minimum absolute atomic E-state index is 0.0702. The average Bonchev–Trinajstić information content (AvgIpc) is 3.28. The molecule has 0 amide bonds. The molecule has 342 valence electrons. The van der Waals surface area contributed by atoms with Crippen molar-refractivity contribution >= 4 is 76.6 Å². The van der Waals surface area contributed by atoms with E-state index in [0.717, 1.165) is 56.8 Å². The van der Waals surface area contributed by atoms with Gasteiger partial charge in [-0.3, -0.25) is 19.0 Å². The third-order valence-electron chi connectivity index (χ3n) is 13.2. The topological polar surface area (TPSA) is 194 Å². The number of carbonyl (C=O) groups excluding carboxylic acids is 2. The Hall–Kier alpha value is -5.48. The lowest BCUT2D eigenvalue weighted by molar-refractivity contribution is -0.141. The number of methoxy groups -OCH3 is 1. The quantitative estimate of drug-likeness (QED) is 0.0753. The summed E-state index contributed by atoms with van der Waals surface area (Å²) in [5.74, 6) is 0.468. The number of nitrogens with zero attached hydrogens (tertiary/aromatic N) is 5. The van der Waals surface area contributed by atoms with E-state index in [2.05, 4.69) is 69.4 Å². The fourth-order valence-corrected chi connectivity index (χ4v) is 10.9. The zero-order chi connectivity index (χ0) is 46.6. The number of ether oxygens (including phenoxy) is 1. The third-order valence-corrected chi connectivity index (χ3v) is 19.3. The molecule has 0 radical (unpaired) electrons. The number of fused-ring (bicyclic) bond motifs is 2. The van der Waals surface area contributed by atoms with Gasteiger partial charge in [0.05, 0.1) is 13.2 Å². The lowest BCUT2D eigenvalue weighted by atomic mass is 9.87. The standard InChI is InChI=1S/C26H33ClN4O2Si.C22H23ClN4O4/c1-26(2,3)34(4,5)24(33)16-10-12-18(13-11-16)29-25-28-15-17-14-20(23(32)30-22(17)31-25)19-8-6-7-9-21(19)27;1-31-19(29)12-27-20-13(10-17(21(27)30)16-4-2-3-5-18(16)23)11-24-22(26-20)25-14-6-8-15(28)9-7-14/h6-9,14-16,18H,10-13H2,1-5H3,(H2,28,29,30,31,32);2-5,10-11,14-15,28H,6-9,12H2,1H3,(H,24,25,26). The van der Waals surface area contributed by atoms with E-state index >= 15 is 0 Å². The predicted octanol–water partition coefficient (Wildman–Crippen LogP) is 9.23. The van der Waals surface area contributed by atoms with E-state index < -0.39 is 19.6 Å². The number of aliphatic hydroxyl groups excluding tert-OH is 1. The molecule has 4 N–H and O–H groups in total. The second kappa shape index (κ2) is 19.9. The number of aliphatic hydroxyl groups is 1. The molecule has 2 aliphatic rings. The smallest absolute Gasteiger partial charge is 0.325 e. The highest BCUT2D eigenvalue weighted by atomic mass is 35.5. The molecule has 0 saturated heterocycles. The van der Waals surface area contributed by atoms with Gasteiger partial charge < -0.3 is 30.3 Å². The number of hydrogen-bond donors (Lipinski definition) is 4. The zero-order valence-corrected chi connectivity index (χ0v) is 40.1. The summed E-state index contributed by atoms with van der Waals surface area (Å²) in [6.45, 7) is 10.7. The molecule has 2 aliphatic carbocycles. The fraction of sp³-hybridized carbons (Fsp3) is 0.417. The zero-order valence-electron chi connectivity index (χ0n) is 37.6. The van der Waals surface area contributed by atoms with Gasteiger partial charge >= 0.3 is 5.97 Å². The number of carbonyl (C=O) groups is 2. The molecule has 0 spiro atoms. The highest BCUT2D eigenvalue weighted by Gasteiger charge is 2.45. The van der Waals surface area contributed by atoms with Crippen LogP contribution in [0.15, 0.2) is 82.6 Å². The SMILES string of the molecule is CC(C)(C)[Si](C)(C)C(=O)C1CCC(Nc2ncc3cc(-c4ccccc4Cl)c(=O)[nH]c3n2)CC1.COC(=O)Cn1c(=O)c(-c2ccccc2Cl)cc2cnc(NC3CCC(O)CC3)nc21. The van der Waals surface area contributed by atoms with Crippen molar-refractivity contribution < 1.29 is 19.4 Å². The Kier molecular flexibility index (Phi) is 14.6. The van der Waals surface area contributed by atoms with E-state index in [4.69, 9.17) is 27.9 Å². The molecule has 65 heavy (non-hydrogen) atoms. The first kappa shape index (κ1) is 47.5. The molecule has 0 aliphatic heterocycles. The number of aromatic amines is 1. The average molecular weight is 940 g/mol. The van der Waals surface area contributed by atoms with E-state index in [1.165, 1.54) is 11.7 Å². The van der Waals surface area contributed by atoms with Crippen molar-refractivity contribution in [3.05, 3.63) is 104 Å². The summed E-state index contributed by atoms with van der Waals surface area (Å²) < 4.78 is 6.07. The van der Waals surface area contributed by atoms with E-state index in [9.17, 15) is 24.3 Å². The van der Waals surface area contributed by atoms with Crippen LogP contribution in [0.5, 0.6) is 0 Å².